The molecular weight excluding hydrogens is 228 g/mol. The Morgan fingerprint density at radius 2 is 1.94 bits per heavy atom. The molecule has 1 fully saturated rings. The van der Waals surface area contributed by atoms with Gasteiger partial charge in [-0.2, -0.15) is 0 Å². The van der Waals surface area contributed by atoms with Gasteiger partial charge in [0.1, 0.15) is 5.75 Å². The maximum atomic E-state index is 12.2. The minimum Gasteiger partial charge on any atom is -0.494 e. The predicted molar refractivity (Wildman–Crippen MR) is 69.4 cm³/mol. The van der Waals surface area contributed by atoms with Crippen LogP contribution in [0.25, 0.3) is 0 Å². The molecule has 0 radical (unpaired) electrons. The standard InChI is InChI=1S/C14H20N2O2/c1-2-18-13-5-3-11(4-6-13)14(17)16-9-7-12(15)8-10-16/h3-6,12H,2,7-10,15H2,1H3/p+1. The molecule has 1 aliphatic heterocycles. The molecule has 0 atom stereocenters. The molecule has 1 heterocycles. The third-order valence-corrected chi connectivity index (χ3v) is 3.31. The quantitative estimate of drug-likeness (QED) is 0.866. The lowest BCUT2D eigenvalue weighted by atomic mass is 10.0. The maximum absolute atomic E-state index is 12.2. The van der Waals surface area contributed by atoms with Crippen molar-refractivity contribution >= 4 is 5.91 Å². The summed E-state index contributed by atoms with van der Waals surface area (Å²) in [5.41, 5.74) is 4.78. The second-order valence-corrected chi connectivity index (χ2v) is 4.69. The van der Waals surface area contributed by atoms with E-state index < -0.39 is 0 Å². The summed E-state index contributed by atoms with van der Waals surface area (Å²) in [5, 5.41) is 0. The fourth-order valence-corrected chi connectivity index (χ4v) is 2.18. The number of rotatable bonds is 3. The van der Waals surface area contributed by atoms with Crippen LogP contribution in [0.5, 0.6) is 5.75 Å². The molecule has 0 unspecified atom stereocenters. The van der Waals surface area contributed by atoms with Gasteiger partial charge in [-0.1, -0.05) is 0 Å². The summed E-state index contributed by atoms with van der Waals surface area (Å²) < 4.78 is 5.37. The van der Waals surface area contributed by atoms with Crippen LogP contribution < -0.4 is 10.5 Å². The molecule has 0 spiro atoms. The lowest BCUT2D eigenvalue weighted by Gasteiger charge is -2.28. The van der Waals surface area contributed by atoms with Crippen LogP contribution >= 0.6 is 0 Å². The molecule has 0 aromatic heterocycles. The minimum absolute atomic E-state index is 0.116. The van der Waals surface area contributed by atoms with Crippen LogP contribution in [0, 0.1) is 0 Å². The van der Waals surface area contributed by atoms with Crippen molar-refractivity contribution in [3.05, 3.63) is 29.8 Å². The fourth-order valence-electron chi connectivity index (χ4n) is 2.18. The van der Waals surface area contributed by atoms with Crippen molar-refractivity contribution in [2.75, 3.05) is 19.7 Å². The monoisotopic (exact) mass is 249 g/mol. The summed E-state index contributed by atoms with van der Waals surface area (Å²) >= 11 is 0. The van der Waals surface area contributed by atoms with E-state index in [2.05, 4.69) is 5.73 Å². The zero-order valence-electron chi connectivity index (χ0n) is 10.9. The van der Waals surface area contributed by atoms with E-state index in [0.717, 1.165) is 37.2 Å². The Kier molecular flexibility index (Phi) is 4.20. The zero-order chi connectivity index (χ0) is 13.0. The first-order chi connectivity index (χ1) is 8.70. The van der Waals surface area contributed by atoms with Crippen LogP contribution in [0.3, 0.4) is 0 Å². The number of carbonyl (C=O) groups excluding carboxylic acids is 1. The first kappa shape index (κ1) is 12.9. The average molecular weight is 249 g/mol. The van der Waals surface area contributed by atoms with Crippen LogP contribution in [0.15, 0.2) is 24.3 Å². The van der Waals surface area contributed by atoms with Crippen molar-refractivity contribution in [1.82, 2.24) is 4.90 Å². The molecule has 1 aromatic rings. The SMILES string of the molecule is CCOc1ccc(C(=O)N2CCC([NH3+])CC2)cc1. The number of carbonyl (C=O) groups is 1. The zero-order valence-corrected chi connectivity index (χ0v) is 10.9. The third-order valence-electron chi connectivity index (χ3n) is 3.31. The summed E-state index contributed by atoms with van der Waals surface area (Å²) in [6.45, 7) is 4.23. The van der Waals surface area contributed by atoms with Gasteiger partial charge in [-0.05, 0) is 31.2 Å². The Hall–Kier alpha value is -1.55. The molecule has 1 aromatic carbocycles. The van der Waals surface area contributed by atoms with Crippen molar-refractivity contribution < 1.29 is 15.3 Å². The van der Waals surface area contributed by atoms with Gasteiger partial charge >= 0.3 is 0 Å². The number of ether oxygens (including phenoxy) is 1. The molecule has 1 aliphatic rings. The van der Waals surface area contributed by atoms with Crippen molar-refractivity contribution in [3.8, 4) is 5.75 Å². The van der Waals surface area contributed by atoms with E-state index in [4.69, 9.17) is 4.74 Å². The number of quaternary nitrogens is 1. The smallest absolute Gasteiger partial charge is 0.253 e. The number of hydrogen-bond donors (Lipinski definition) is 1. The number of nitrogens with zero attached hydrogens (tertiary/aromatic N) is 1. The van der Waals surface area contributed by atoms with Crippen LogP contribution in [0.2, 0.25) is 0 Å². The molecule has 2 rings (SSSR count). The summed E-state index contributed by atoms with van der Waals surface area (Å²) in [6, 6.07) is 7.87. The van der Waals surface area contributed by atoms with Crippen molar-refractivity contribution in [1.29, 1.82) is 0 Å². The van der Waals surface area contributed by atoms with E-state index in [1.165, 1.54) is 0 Å². The fraction of sp³-hybridized carbons (Fsp3) is 0.500. The van der Waals surface area contributed by atoms with Gasteiger partial charge in [0.15, 0.2) is 0 Å². The Morgan fingerprint density at radius 3 is 2.50 bits per heavy atom. The first-order valence-corrected chi connectivity index (χ1v) is 6.56. The van der Waals surface area contributed by atoms with E-state index in [1.807, 2.05) is 36.1 Å². The molecule has 3 N–H and O–H groups in total. The predicted octanol–water partition coefficient (Wildman–Crippen LogP) is 0.932. The number of benzene rings is 1. The Bertz CT molecular complexity index is 395. The molecule has 0 saturated carbocycles. The van der Waals surface area contributed by atoms with Gasteiger partial charge in [0.05, 0.1) is 12.6 Å². The Morgan fingerprint density at radius 1 is 1.33 bits per heavy atom. The van der Waals surface area contributed by atoms with Crippen LogP contribution in [0.4, 0.5) is 0 Å². The molecule has 98 valence electrons. The molecule has 0 bridgehead atoms. The van der Waals surface area contributed by atoms with Gasteiger partial charge in [-0.15, -0.1) is 0 Å². The molecule has 1 saturated heterocycles. The van der Waals surface area contributed by atoms with Crippen LogP contribution in [-0.2, 0) is 0 Å². The molecular formula is C14H21N2O2+. The highest BCUT2D eigenvalue weighted by molar-refractivity contribution is 5.94. The van der Waals surface area contributed by atoms with Gasteiger partial charge in [-0.3, -0.25) is 4.79 Å². The molecule has 1 amide bonds. The molecule has 4 nitrogen and oxygen atoms in total. The van der Waals surface area contributed by atoms with E-state index in [1.54, 1.807) is 0 Å². The summed E-state index contributed by atoms with van der Waals surface area (Å²) in [4.78, 5) is 14.2. The van der Waals surface area contributed by atoms with Gasteiger partial charge in [0.2, 0.25) is 0 Å². The number of piperidine rings is 1. The van der Waals surface area contributed by atoms with Crippen molar-refractivity contribution in [3.63, 3.8) is 0 Å². The van der Waals surface area contributed by atoms with Gasteiger partial charge < -0.3 is 15.4 Å². The average Bonchev–Trinajstić information content (AvgIpc) is 2.40. The number of likely N-dealkylation sites (tertiary alicyclic amines) is 1. The normalized spacial score (nSPS) is 16.7. The second kappa shape index (κ2) is 5.87. The van der Waals surface area contributed by atoms with Gasteiger partial charge in [-0.25, -0.2) is 0 Å². The van der Waals surface area contributed by atoms with Crippen LogP contribution in [-0.4, -0.2) is 36.5 Å². The van der Waals surface area contributed by atoms with E-state index in [0.29, 0.717) is 12.6 Å². The summed E-state index contributed by atoms with van der Waals surface area (Å²) in [6.07, 6.45) is 2.01. The lowest BCUT2D eigenvalue weighted by molar-refractivity contribution is -0.425. The van der Waals surface area contributed by atoms with Gasteiger partial charge in [0, 0.05) is 31.5 Å². The number of amides is 1. The highest BCUT2D eigenvalue weighted by Gasteiger charge is 2.23. The highest BCUT2D eigenvalue weighted by atomic mass is 16.5. The largest absolute Gasteiger partial charge is 0.494 e. The topological polar surface area (TPSA) is 57.2 Å². The third kappa shape index (κ3) is 3.01. The highest BCUT2D eigenvalue weighted by Crippen LogP contribution is 2.16. The minimum atomic E-state index is 0.116. The molecule has 0 aliphatic carbocycles. The molecule has 18 heavy (non-hydrogen) atoms. The first-order valence-electron chi connectivity index (χ1n) is 6.56. The van der Waals surface area contributed by atoms with E-state index in [-0.39, 0.29) is 5.91 Å². The van der Waals surface area contributed by atoms with Crippen molar-refractivity contribution in [2.45, 2.75) is 25.8 Å². The van der Waals surface area contributed by atoms with E-state index >= 15 is 0 Å². The van der Waals surface area contributed by atoms with Gasteiger partial charge in [0.25, 0.3) is 5.91 Å². The molecule has 4 heteroatoms. The summed E-state index contributed by atoms with van der Waals surface area (Å²) in [5.74, 6) is 0.926. The van der Waals surface area contributed by atoms with Crippen LogP contribution in [0.1, 0.15) is 30.1 Å². The second-order valence-electron chi connectivity index (χ2n) is 4.69. The Balaban J connectivity index is 2.00. The summed E-state index contributed by atoms with van der Waals surface area (Å²) in [7, 11) is 0. The maximum Gasteiger partial charge on any atom is 0.253 e. The number of hydrogen-bond acceptors (Lipinski definition) is 2. The lowest BCUT2D eigenvalue weighted by Crippen LogP contribution is -2.64. The van der Waals surface area contributed by atoms with E-state index in [9.17, 15) is 4.79 Å². The Labute approximate surface area is 108 Å². The van der Waals surface area contributed by atoms with Crippen molar-refractivity contribution in [2.24, 2.45) is 0 Å².